The van der Waals surface area contributed by atoms with Crippen molar-refractivity contribution in [2.24, 2.45) is 0 Å². The first-order valence-electron chi connectivity index (χ1n) is 8.88. The molecule has 0 bridgehead atoms. The molecular weight excluding hydrogens is 504 g/mol. The molecule has 0 amide bonds. The molecule has 0 radical (unpaired) electrons. The van der Waals surface area contributed by atoms with Crippen LogP contribution in [0.2, 0.25) is 0 Å². The number of methoxy groups -OCH3 is 1. The van der Waals surface area contributed by atoms with Crippen LogP contribution in [-0.2, 0) is 9.53 Å². The Labute approximate surface area is 185 Å². The van der Waals surface area contributed by atoms with E-state index in [1.165, 1.54) is 19.2 Å². The van der Waals surface area contributed by atoms with E-state index in [1.807, 2.05) is 0 Å². The van der Waals surface area contributed by atoms with Crippen LogP contribution in [-0.4, -0.2) is 36.3 Å². The molecular formula is C21H17FIN3O4. The second-order valence-corrected chi connectivity index (χ2v) is 7.21. The number of nitrogens with zero attached hydrogens (tertiary/aromatic N) is 2. The predicted octanol–water partition coefficient (Wildman–Crippen LogP) is 4.32. The van der Waals surface area contributed by atoms with E-state index in [9.17, 15) is 14.4 Å². The monoisotopic (exact) mass is 521 g/mol. The van der Waals surface area contributed by atoms with Crippen molar-refractivity contribution in [1.82, 2.24) is 9.97 Å². The fourth-order valence-corrected chi connectivity index (χ4v) is 3.51. The summed E-state index contributed by atoms with van der Waals surface area (Å²) >= 11 is 2.06. The van der Waals surface area contributed by atoms with E-state index in [0.717, 1.165) is 0 Å². The van der Waals surface area contributed by atoms with Gasteiger partial charge in [-0.25, -0.2) is 14.2 Å². The molecule has 2 aromatic carbocycles. The van der Waals surface area contributed by atoms with Crippen LogP contribution in [0, 0.1) is 20.7 Å². The van der Waals surface area contributed by atoms with E-state index in [-0.39, 0.29) is 18.8 Å². The van der Waals surface area contributed by atoms with Gasteiger partial charge in [0, 0.05) is 0 Å². The molecule has 7 nitrogen and oxygen atoms in total. The van der Waals surface area contributed by atoms with Crippen LogP contribution in [0.5, 0.6) is 11.5 Å². The average Bonchev–Trinajstić information content (AvgIpc) is 3.13. The van der Waals surface area contributed by atoms with Gasteiger partial charge in [-0.2, -0.15) is 5.26 Å². The molecule has 1 heterocycles. The standard InChI is InChI=1S/C21H17FIN3O4/c1-3-29-19(27)11-30-20-15(23)7-12(8-18(20)28-2)6-13(10-24)21-25-16-5-4-14(22)9-17(16)26-21/h4-9H,3,11H2,1-2H3,(H,25,26)/b13-6-. The molecule has 0 aliphatic heterocycles. The summed E-state index contributed by atoms with van der Waals surface area (Å²) in [7, 11) is 1.48. The number of allylic oxidation sites excluding steroid dienone is 1. The zero-order chi connectivity index (χ0) is 21.7. The van der Waals surface area contributed by atoms with Crippen molar-refractivity contribution in [3.8, 4) is 17.6 Å². The number of fused-ring (bicyclic) bond motifs is 1. The van der Waals surface area contributed by atoms with Crippen molar-refractivity contribution in [1.29, 1.82) is 5.26 Å². The Morgan fingerprint density at radius 3 is 2.87 bits per heavy atom. The number of halogens is 2. The van der Waals surface area contributed by atoms with Gasteiger partial charge in [-0.05, 0) is 71.5 Å². The first kappa shape index (κ1) is 21.6. The number of benzene rings is 2. The third-order valence-electron chi connectivity index (χ3n) is 4.02. The number of rotatable bonds is 7. The van der Waals surface area contributed by atoms with E-state index < -0.39 is 11.8 Å². The molecule has 0 spiro atoms. The number of esters is 1. The van der Waals surface area contributed by atoms with Crippen LogP contribution < -0.4 is 9.47 Å². The van der Waals surface area contributed by atoms with Crippen LogP contribution in [0.15, 0.2) is 30.3 Å². The lowest BCUT2D eigenvalue weighted by Gasteiger charge is -2.13. The van der Waals surface area contributed by atoms with Crippen LogP contribution in [0.3, 0.4) is 0 Å². The SMILES string of the molecule is CCOC(=O)COc1c(I)cc(/C=C(/C#N)c2nc3ccc(F)cc3[nH]2)cc1OC. The molecule has 0 fully saturated rings. The minimum absolute atomic E-state index is 0.242. The number of aromatic nitrogens is 2. The highest BCUT2D eigenvalue weighted by molar-refractivity contribution is 14.1. The maximum atomic E-state index is 13.4. The number of imidazole rings is 1. The van der Waals surface area contributed by atoms with E-state index >= 15 is 0 Å². The third-order valence-corrected chi connectivity index (χ3v) is 4.82. The summed E-state index contributed by atoms with van der Waals surface area (Å²) in [6.45, 7) is 1.74. The highest BCUT2D eigenvalue weighted by atomic mass is 127. The van der Waals surface area contributed by atoms with Gasteiger partial charge in [-0.15, -0.1) is 0 Å². The van der Waals surface area contributed by atoms with Crippen molar-refractivity contribution in [3.63, 3.8) is 0 Å². The predicted molar refractivity (Wildman–Crippen MR) is 117 cm³/mol. The molecule has 3 aromatic rings. The molecule has 1 N–H and O–H groups in total. The number of hydrogen-bond donors (Lipinski definition) is 1. The lowest BCUT2D eigenvalue weighted by atomic mass is 10.1. The summed E-state index contributed by atoms with van der Waals surface area (Å²) < 4.78 is 29.9. The average molecular weight is 521 g/mol. The number of H-pyrrole nitrogens is 1. The molecule has 0 aliphatic carbocycles. The minimum atomic E-state index is -0.479. The normalized spacial score (nSPS) is 11.2. The fraction of sp³-hybridized carbons (Fsp3) is 0.190. The van der Waals surface area contributed by atoms with Gasteiger partial charge in [-0.3, -0.25) is 0 Å². The van der Waals surface area contributed by atoms with Crippen LogP contribution in [0.1, 0.15) is 18.3 Å². The number of carbonyl (C=O) groups is 1. The second-order valence-electron chi connectivity index (χ2n) is 6.04. The van der Waals surface area contributed by atoms with Gasteiger partial charge >= 0.3 is 5.97 Å². The number of nitrogens with one attached hydrogen (secondary N) is 1. The summed E-state index contributed by atoms with van der Waals surface area (Å²) in [5.74, 6) is 0.266. The molecule has 3 rings (SSSR count). The Morgan fingerprint density at radius 2 is 2.17 bits per heavy atom. The zero-order valence-corrected chi connectivity index (χ0v) is 18.3. The number of carbonyl (C=O) groups excluding carboxylic acids is 1. The largest absolute Gasteiger partial charge is 0.493 e. The summed E-state index contributed by atoms with van der Waals surface area (Å²) in [6, 6.07) is 9.75. The highest BCUT2D eigenvalue weighted by Crippen LogP contribution is 2.35. The topological polar surface area (TPSA) is 97.2 Å². The summed E-state index contributed by atoms with van der Waals surface area (Å²) in [5, 5.41) is 9.61. The van der Waals surface area contributed by atoms with Crippen LogP contribution >= 0.6 is 22.6 Å². The molecule has 0 atom stereocenters. The fourth-order valence-electron chi connectivity index (χ4n) is 2.73. The van der Waals surface area contributed by atoms with E-state index in [2.05, 4.69) is 38.6 Å². The Bertz CT molecular complexity index is 1170. The van der Waals surface area contributed by atoms with Gasteiger partial charge in [0.2, 0.25) is 0 Å². The lowest BCUT2D eigenvalue weighted by Crippen LogP contribution is -2.15. The van der Waals surface area contributed by atoms with Gasteiger partial charge < -0.3 is 19.2 Å². The smallest absolute Gasteiger partial charge is 0.344 e. The van der Waals surface area contributed by atoms with E-state index in [1.54, 1.807) is 31.2 Å². The Kier molecular flexibility index (Phi) is 6.89. The first-order valence-corrected chi connectivity index (χ1v) is 9.96. The van der Waals surface area contributed by atoms with Crippen molar-refractivity contribution >= 4 is 51.2 Å². The number of nitriles is 1. The third kappa shape index (κ3) is 4.88. The molecule has 30 heavy (non-hydrogen) atoms. The summed E-state index contributed by atoms with van der Waals surface area (Å²) in [4.78, 5) is 18.9. The molecule has 0 aliphatic rings. The molecule has 9 heteroatoms. The van der Waals surface area contributed by atoms with Crippen LogP contribution in [0.4, 0.5) is 4.39 Å². The van der Waals surface area contributed by atoms with Gasteiger partial charge in [-0.1, -0.05) is 0 Å². The highest BCUT2D eigenvalue weighted by Gasteiger charge is 2.15. The Hall–Kier alpha value is -3.13. The Morgan fingerprint density at radius 1 is 1.37 bits per heavy atom. The molecule has 0 saturated heterocycles. The van der Waals surface area contributed by atoms with Crippen molar-refractivity contribution in [3.05, 3.63) is 51.1 Å². The summed E-state index contributed by atoms with van der Waals surface area (Å²) in [5.41, 5.74) is 2.00. The maximum Gasteiger partial charge on any atom is 0.344 e. The number of hydrogen-bond acceptors (Lipinski definition) is 6. The van der Waals surface area contributed by atoms with Gasteiger partial charge in [0.15, 0.2) is 18.1 Å². The maximum absolute atomic E-state index is 13.4. The Balaban J connectivity index is 1.93. The molecule has 1 aromatic heterocycles. The van der Waals surface area contributed by atoms with Crippen molar-refractivity contribution in [2.45, 2.75) is 6.92 Å². The zero-order valence-electron chi connectivity index (χ0n) is 16.2. The van der Waals surface area contributed by atoms with Crippen LogP contribution in [0.25, 0.3) is 22.7 Å². The summed E-state index contributed by atoms with van der Waals surface area (Å²) in [6.07, 6.45) is 1.63. The molecule has 154 valence electrons. The number of ether oxygens (including phenoxy) is 3. The minimum Gasteiger partial charge on any atom is -0.493 e. The van der Waals surface area contributed by atoms with Gasteiger partial charge in [0.25, 0.3) is 0 Å². The van der Waals surface area contributed by atoms with E-state index in [0.29, 0.717) is 37.5 Å². The van der Waals surface area contributed by atoms with Gasteiger partial charge in [0.05, 0.1) is 33.9 Å². The number of aromatic amines is 1. The van der Waals surface area contributed by atoms with Gasteiger partial charge in [0.1, 0.15) is 17.7 Å². The second kappa shape index (κ2) is 9.58. The van der Waals surface area contributed by atoms with E-state index in [4.69, 9.17) is 14.2 Å². The lowest BCUT2D eigenvalue weighted by molar-refractivity contribution is -0.145. The first-order chi connectivity index (χ1) is 14.4. The molecule has 0 saturated carbocycles. The molecule has 0 unspecified atom stereocenters. The van der Waals surface area contributed by atoms with Crippen molar-refractivity contribution in [2.75, 3.05) is 20.3 Å². The quantitative estimate of drug-likeness (QED) is 0.283. The van der Waals surface area contributed by atoms with Crippen molar-refractivity contribution < 1.29 is 23.4 Å².